The molecule has 28 heavy (non-hydrogen) atoms. The van der Waals surface area contributed by atoms with Crippen LogP contribution in [0.25, 0.3) is 0 Å². The van der Waals surface area contributed by atoms with Crippen molar-refractivity contribution in [3.8, 4) is 17.6 Å². The van der Waals surface area contributed by atoms with Gasteiger partial charge in [0.25, 0.3) is 5.92 Å². The number of nitrogens with two attached hydrogens (primary N) is 1. The van der Waals surface area contributed by atoms with Gasteiger partial charge in [0, 0.05) is 23.6 Å². The molecule has 2 aromatic rings. The number of alkyl halides is 4. The SMILES string of the molecule is N#Cc1cc(F)cc(Oc2ccc(S(=O)(=O)C(F)F)c3c2CC(F)(F)C3N)c1. The Hall–Kier alpha value is -2.71. The zero-order valence-electron chi connectivity index (χ0n) is 13.8. The lowest BCUT2D eigenvalue weighted by Crippen LogP contribution is -2.29. The van der Waals surface area contributed by atoms with Crippen LogP contribution in [-0.2, 0) is 16.3 Å². The first-order valence-electron chi connectivity index (χ1n) is 7.67. The second-order valence-electron chi connectivity index (χ2n) is 6.06. The molecule has 3 rings (SSSR count). The van der Waals surface area contributed by atoms with Crippen molar-refractivity contribution in [1.82, 2.24) is 0 Å². The number of fused-ring (bicyclic) bond motifs is 1. The summed E-state index contributed by atoms with van der Waals surface area (Å²) in [5.74, 6) is -8.78. The van der Waals surface area contributed by atoms with E-state index >= 15 is 0 Å². The van der Waals surface area contributed by atoms with Gasteiger partial charge in [-0.2, -0.15) is 14.0 Å². The van der Waals surface area contributed by atoms with Gasteiger partial charge in [0.05, 0.1) is 22.6 Å². The highest BCUT2D eigenvalue weighted by molar-refractivity contribution is 7.91. The van der Waals surface area contributed by atoms with E-state index in [2.05, 4.69) is 0 Å². The number of rotatable bonds is 4. The number of sulfone groups is 1. The van der Waals surface area contributed by atoms with E-state index in [9.17, 15) is 30.4 Å². The highest BCUT2D eigenvalue weighted by Gasteiger charge is 2.50. The van der Waals surface area contributed by atoms with Crippen LogP contribution in [0.3, 0.4) is 0 Å². The third-order valence-electron chi connectivity index (χ3n) is 4.22. The van der Waals surface area contributed by atoms with E-state index in [1.165, 1.54) is 0 Å². The summed E-state index contributed by atoms with van der Waals surface area (Å²) in [4.78, 5) is -1.01. The lowest BCUT2D eigenvalue weighted by Gasteiger charge is -2.17. The molecule has 5 nitrogen and oxygen atoms in total. The first kappa shape index (κ1) is 20.0. The summed E-state index contributed by atoms with van der Waals surface area (Å²) >= 11 is 0. The summed E-state index contributed by atoms with van der Waals surface area (Å²) < 4.78 is 96.8. The van der Waals surface area contributed by atoms with E-state index in [4.69, 9.17) is 15.7 Å². The lowest BCUT2D eigenvalue weighted by molar-refractivity contribution is -0.0141. The van der Waals surface area contributed by atoms with Gasteiger partial charge in [0.1, 0.15) is 17.3 Å². The molecule has 0 saturated carbocycles. The van der Waals surface area contributed by atoms with Crippen LogP contribution >= 0.6 is 0 Å². The van der Waals surface area contributed by atoms with Crippen LogP contribution < -0.4 is 10.5 Å². The van der Waals surface area contributed by atoms with Crippen LogP contribution in [0.15, 0.2) is 35.2 Å². The molecule has 0 aromatic heterocycles. The highest BCUT2D eigenvalue weighted by Crippen LogP contribution is 2.49. The number of hydrogen-bond acceptors (Lipinski definition) is 5. The van der Waals surface area contributed by atoms with Gasteiger partial charge in [-0.15, -0.1) is 0 Å². The normalized spacial score (nSPS) is 18.0. The average molecular weight is 418 g/mol. The van der Waals surface area contributed by atoms with Crippen molar-refractivity contribution in [3.05, 3.63) is 52.8 Å². The van der Waals surface area contributed by atoms with Gasteiger partial charge in [-0.3, -0.25) is 0 Å². The minimum Gasteiger partial charge on any atom is -0.457 e. The molecule has 0 heterocycles. The van der Waals surface area contributed by atoms with E-state index < -0.39 is 50.3 Å². The second-order valence-corrected chi connectivity index (χ2v) is 7.95. The predicted molar refractivity (Wildman–Crippen MR) is 86.4 cm³/mol. The van der Waals surface area contributed by atoms with Crippen molar-refractivity contribution in [3.63, 3.8) is 0 Å². The number of benzene rings is 2. The Morgan fingerprint density at radius 3 is 2.54 bits per heavy atom. The minimum absolute atomic E-state index is 0.106. The standard InChI is InChI=1S/C17H11F5N2O3S/c18-9-3-8(7-23)4-10(5-9)27-12-1-2-13(28(25,26)16(19)20)14-11(12)6-17(21,22)15(14)24/h1-5,15-16H,6,24H2. The molecule has 2 N–H and O–H groups in total. The van der Waals surface area contributed by atoms with Gasteiger partial charge < -0.3 is 10.5 Å². The van der Waals surface area contributed by atoms with E-state index in [0.29, 0.717) is 6.07 Å². The van der Waals surface area contributed by atoms with Gasteiger partial charge in [0.2, 0.25) is 9.84 Å². The zero-order valence-corrected chi connectivity index (χ0v) is 14.6. The molecular weight excluding hydrogens is 407 g/mol. The fourth-order valence-corrected chi connectivity index (χ4v) is 3.96. The van der Waals surface area contributed by atoms with Gasteiger partial charge in [0.15, 0.2) is 0 Å². The summed E-state index contributed by atoms with van der Waals surface area (Å²) in [6.45, 7) is 0. The molecule has 1 unspecified atom stereocenters. The Kier molecular flexibility index (Phi) is 4.81. The third kappa shape index (κ3) is 3.29. The minimum atomic E-state index is -5.20. The quantitative estimate of drug-likeness (QED) is 0.765. The topological polar surface area (TPSA) is 93.2 Å². The molecular formula is C17H11F5N2O3S. The molecule has 0 spiro atoms. The Balaban J connectivity index is 2.17. The Bertz CT molecular complexity index is 1100. The largest absolute Gasteiger partial charge is 0.457 e. The Morgan fingerprint density at radius 1 is 1.25 bits per heavy atom. The van der Waals surface area contributed by atoms with Crippen LogP contribution in [-0.4, -0.2) is 20.1 Å². The maximum absolute atomic E-state index is 14.1. The summed E-state index contributed by atoms with van der Waals surface area (Å²) in [6, 6.07) is 4.08. The first-order valence-corrected chi connectivity index (χ1v) is 9.22. The third-order valence-corrected chi connectivity index (χ3v) is 5.66. The summed E-state index contributed by atoms with van der Waals surface area (Å²) in [7, 11) is -5.20. The molecule has 0 aliphatic heterocycles. The fraction of sp³-hybridized carbons (Fsp3) is 0.235. The highest BCUT2D eigenvalue weighted by atomic mass is 32.2. The molecule has 0 fully saturated rings. The molecule has 148 valence electrons. The van der Waals surface area contributed by atoms with Crippen LogP contribution in [0.2, 0.25) is 0 Å². The Labute approximate surface area is 156 Å². The van der Waals surface area contributed by atoms with Gasteiger partial charge in [-0.25, -0.2) is 21.6 Å². The van der Waals surface area contributed by atoms with Crippen LogP contribution in [0.5, 0.6) is 11.5 Å². The van der Waals surface area contributed by atoms with E-state index in [1.807, 2.05) is 0 Å². The summed E-state index contributed by atoms with van der Waals surface area (Å²) in [5.41, 5.74) is 4.29. The van der Waals surface area contributed by atoms with Crippen molar-refractivity contribution in [1.29, 1.82) is 5.26 Å². The maximum Gasteiger partial charge on any atom is 0.341 e. The van der Waals surface area contributed by atoms with E-state index in [-0.39, 0.29) is 22.6 Å². The number of halogens is 5. The van der Waals surface area contributed by atoms with E-state index in [0.717, 1.165) is 24.3 Å². The molecule has 1 aliphatic carbocycles. The van der Waals surface area contributed by atoms with Crippen molar-refractivity contribution < 1.29 is 35.1 Å². The lowest BCUT2D eigenvalue weighted by atomic mass is 10.1. The smallest absolute Gasteiger partial charge is 0.341 e. The van der Waals surface area contributed by atoms with Gasteiger partial charge in [-0.05, 0) is 24.3 Å². The molecule has 0 radical (unpaired) electrons. The second kappa shape index (κ2) is 6.72. The number of hydrogen-bond donors (Lipinski definition) is 1. The fourth-order valence-electron chi connectivity index (χ4n) is 2.96. The van der Waals surface area contributed by atoms with Crippen LogP contribution in [0.1, 0.15) is 22.7 Å². The van der Waals surface area contributed by atoms with E-state index in [1.54, 1.807) is 6.07 Å². The Morgan fingerprint density at radius 2 is 1.93 bits per heavy atom. The van der Waals surface area contributed by atoms with Gasteiger partial charge in [-0.1, -0.05) is 0 Å². The van der Waals surface area contributed by atoms with Crippen molar-refractivity contribution >= 4 is 9.84 Å². The molecule has 2 aromatic carbocycles. The monoisotopic (exact) mass is 418 g/mol. The maximum atomic E-state index is 14.1. The molecule has 0 saturated heterocycles. The molecule has 0 amide bonds. The molecule has 11 heteroatoms. The first-order chi connectivity index (χ1) is 13.0. The number of nitriles is 1. The predicted octanol–water partition coefficient (Wildman–Crippen LogP) is 3.68. The average Bonchev–Trinajstić information content (AvgIpc) is 2.85. The van der Waals surface area contributed by atoms with Crippen LogP contribution in [0, 0.1) is 17.1 Å². The van der Waals surface area contributed by atoms with Crippen LogP contribution in [0.4, 0.5) is 22.0 Å². The van der Waals surface area contributed by atoms with Crippen molar-refractivity contribution in [2.75, 3.05) is 0 Å². The van der Waals surface area contributed by atoms with Crippen molar-refractivity contribution in [2.24, 2.45) is 5.73 Å². The molecule has 1 aliphatic rings. The molecule has 0 bridgehead atoms. The van der Waals surface area contributed by atoms with Gasteiger partial charge >= 0.3 is 5.76 Å². The number of nitrogens with zero attached hydrogens (tertiary/aromatic N) is 1. The summed E-state index contributed by atoms with van der Waals surface area (Å²) in [5, 5.41) is 8.86. The number of ether oxygens (including phenoxy) is 1. The zero-order chi connectivity index (χ0) is 20.9. The van der Waals surface area contributed by atoms with Crippen molar-refractivity contribution in [2.45, 2.75) is 29.0 Å². The summed E-state index contributed by atoms with van der Waals surface area (Å²) in [6.07, 6.45) is -1.05. The molecule has 1 atom stereocenters.